The largest absolute Gasteiger partial charge is 0.353 e. The summed E-state index contributed by atoms with van der Waals surface area (Å²) in [6, 6.07) is 2.00. The molecule has 0 unspecified atom stereocenters. The lowest BCUT2D eigenvalue weighted by Crippen LogP contribution is -2.51. The first-order valence-corrected chi connectivity index (χ1v) is 7.76. The zero-order valence-electron chi connectivity index (χ0n) is 12.7. The van der Waals surface area contributed by atoms with Gasteiger partial charge in [-0.2, -0.15) is 0 Å². The van der Waals surface area contributed by atoms with Crippen LogP contribution in [-0.2, 0) is 4.79 Å². The molecule has 0 spiro atoms. The molecule has 6 nitrogen and oxygen atoms in total. The third-order valence-electron chi connectivity index (χ3n) is 4.30. The van der Waals surface area contributed by atoms with E-state index in [2.05, 4.69) is 19.8 Å². The maximum atomic E-state index is 12.3. The van der Waals surface area contributed by atoms with Crippen LogP contribution in [-0.4, -0.2) is 71.5 Å². The molecule has 2 aliphatic heterocycles. The normalized spacial score (nSPS) is 20.0. The molecule has 0 radical (unpaired) electrons. The number of hydrogen-bond donors (Lipinski definition) is 0. The molecule has 3 heterocycles. The first kappa shape index (κ1) is 14.3. The topological polar surface area (TPSA) is 52.6 Å². The Morgan fingerprint density at radius 1 is 1.10 bits per heavy atom. The summed E-state index contributed by atoms with van der Waals surface area (Å²) in [6.45, 7) is 7.99. The molecule has 0 aliphatic carbocycles. The van der Waals surface area contributed by atoms with E-state index in [-0.39, 0.29) is 5.91 Å². The molecule has 0 saturated carbocycles. The fourth-order valence-electron chi connectivity index (χ4n) is 3.03. The van der Waals surface area contributed by atoms with Crippen molar-refractivity contribution < 1.29 is 4.79 Å². The standard InChI is InChI=1S/C15H23N5O/c1-13-10-14(17-12-16-13)19-6-8-20(9-7-19)15(21)11-18-4-2-3-5-18/h10,12H,2-9,11H2,1H3. The second-order valence-corrected chi connectivity index (χ2v) is 5.87. The van der Waals surface area contributed by atoms with E-state index in [0.29, 0.717) is 6.54 Å². The van der Waals surface area contributed by atoms with Crippen LogP contribution in [0.2, 0.25) is 0 Å². The van der Waals surface area contributed by atoms with E-state index >= 15 is 0 Å². The molecule has 2 aliphatic rings. The molecular formula is C15H23N5O. The van der Waals surface area contributed by atoms with Crippen LogP contribution >= 0.6 is 0 Å². The van der Waals surface area contributed by atoms with E-state index < -0.39 is 0 Å². The van der Waals surface area contributed by atoms with Crippen molar-refractivity contribution in [3.05, 3.63) is 18.1 Å². The Hall–Kier alpha value is -1.69. The first-order valence-electron chi connectivity index (χ1n) is 7.76. The maximum absolute atomic E-state index is 12.3. The van der Waals surface area contributed by atoms with Crippen molar-refractivity contribution in [1.82, 2.24) is 19.8 Å². The number of amides is 1. The summed E-state index contributed by atoms with van der Waals surface area (Å²) in [5.41, 5.74) is 0.979. The molecule has 2 saturated heterocycles. The van der Waals surface area contributed by atoms with Gasteiger partial charge >= 0.3 is 0 Å². The Kier molecular flexibility index (Phi) is 4.34. The van der Waals surface area contributed by atoms with Gasteiger partial charge in [0.1, 0.15) is 12.1 Å². The maximum Gasteiger partial charge on any atom is 0.236 e. The van der Waals surface area contributed by atoms with Gasteiger partial charge in [-0.15, -0.1) is 0 Å². The number of carbonyl (C=O) groups is 1. The SMILES string of the molecule is Cc1cc(N2CCN(C(=O)CN3CCCC3)CC2)ncn1. The van der Waals surface area contributed by atoms with Crippen molar-refractivity contribution in [2.75, 3.05) is 50.7 Å². The Labute approximate surface area is 125 Å². The lowest BCUT2D eigenvalue weighted by molar-refractivity contribution is -0.132. The summed E-state index contributed by atoms with van der Waals surface area (Å²) in [7, 11) is 0. The number of rotatable bonds is 3. The summed E-state index contributed by atoms with van der Waals surface area (Å²) < 4.78 is 0. The van der Waals surface area contributed by atoms with Gasteiger partial charge in [0, 0.05) is 37.9 Å². The number of piperazine rings is 1. The lowest BCUT2D eigenvalue weighted by Gasteiger charge is -2.36. The highest BCUT2D eigenvalue weighted by molar-refractivity contribution is 5.78. The van der Waals surface area contributed by atoms with Gasteiger partial charge in [-0.1, -0.05) is 0 Å². The monoisotopic (exact) mass is 289 g/mol. The van der Waals surface area contributed by atoms with Gasteiger partial charge < -0.3 is 9.80 Å². The van der Waals surface area contributed by atoms with Crippen LogP contribution in [0, 0.1) is 6.92 Å². The van der Waals surface area contributed by atoms with Gasteiger partial charge in [-0.05, 0) is 32.9 Å². The number of aromatic nitrogens is 2. The molecule has 0 N–H and O–H groups in total. The molecule has 1 aromatic rings. The zero-order valence-corrected chi connectivity index (χ0v) is 12.7. The van der Waals surface area contributed by atoms with Gasteiger partial charge in [0.05, 0.1) is 6.54 Å². The Morgan fingerprint density at radius 3 is 2.48 bits per heavy atom. The highest BCUT2D eigenvalue weighted by atomic mass is 16.2. The van der Waals surface area contributed by atoms with Crippen molar-refractivity contribution in [2.24, 2.45) is 0 Å². The number of aryl methyl sites for hydroxylation is 1. The van der Waals surface area contributed by atoms with E-state index in [0.717, 1.165) is 50.8 Å². The van der Waals surface area contributed by atoms with Crippen LogP contribution in [0.4, 0.5) is 5.82 Å². The van der Waals surface area contributed by atoms with Crippen LogP contribution in [0.5, 0.6) is 0 Å². The number of nitrogens with zero attached hydrogens (tertiary/aromatic N) is 5. The average Bonchev–Trinajstić information content (AvgIpc) is 3.00. The van der Waals surface area contributed by atoms with Crippen molar-refractivity contribution in [1.29, 1.82) is 0 Å². The van der Waals surface area contributed by atoms with Gasteiger partial charge in [0.15, 0.2) is 0 Å². The summed E-state index contributed by atoms with van der Waals surface area (Å²) in [4.78, 5) is 27.2. The minimum atomic E-state index is 0.274. The summed E-state index contributed by atoms with van der Waals surface area (Å²) >= 11 is 0. The highest BCUT2D eigenvalue weighted by Crippen LogP contribution is 2.14. The predicted octanol–water partition coefficient (Wildman–Crippen LogP) is 0.529. The van der Waals surface area contributed by atoms with Crippen LogP contribution in [0.15, 0.2) is 12.4 Å². The number of likely N-dealkylation sites (tertiary alicyclic amines) is 1. The van der Waals surface area contributed by atoms with Gasteiger partial charge in [0.2, 0.25) is 5.91 Å². The molecule has 1 amide bonds. The number of carbonyl (C=O) groups excluding carboxylic acids is 1. The van der Waals surface area contributed by atoms with Crippen LogP contribution in [0.25, 0.3) is 0 Å². The van der Waals surface area contributed by atoms with E-state index in [1.54, 1.807) is 6.33 Å². The molecule has 0 bridgehead atoms. The molecule has 0 aromatic carbocycles. The highest BCUT2D eigenvalue weighted by Gasteiger charge is 2.24. The predicted molar refractivity (Wildman–Crippen MR) is 81.2 cm³/mol. The van der Waals surface area contributed by atoms with Crippen molar-refractivity contribution >= 4 is 11.7 Å². The van der Waals surface area contributed by atoms with Crippen molar-refractivity contribution in [3.63, 3.8) is 0 Å². The third kappa shape index (κ3) is 3.50. The Bertz CT molecular complexity index is 493. The van der Waals surface area contributed by atoms with E-state index in [1.165, 1.54) is 12.8 Å². The molecule has 114 valence electrons. The smallest absolute Gasteiger partial charge is 0.236 e. The van der Waals surface area contributed by atoms with E-state index in [4.69, 9.17) is 0 Å². The summed E-state index contributed by atoms with van der Waals surface area (Å²) in [6.07, 6.45) is 4.07. The van der Waals surface area contributed by atoms with E-state index in [1.807, 2.05) is 17.9 Å². The van der Waals surface area contributed by atoms with Crippen LogP contribution in [0.3, 0.4) is 0 Å². The van der Waals surface area contributed by atoms with Gasteiger partial charge in [-0.25, -0.2) is 9.97 Å². The summed E-state index contributed by atoms with van der Waals surface area (Å²) in [5.74, 6) is 1.24. The first-order chi connectivity index (χ1) is 10.2. The molecular weight excluding hydrogens is 266 g/mol. The fourth-order valence-corrected chi connectivity index (χ4v) is 3.03. The molecule has 3 rings (SSSR count). The van der Waals surface area contributed by atoms with Crippen molar-refractivity contribution in [3.8, 4) is 0 Å². The second-order valence-electron chi connectivity index (χ2n) is 5.87. The average molecular weight is 289 g/mol. The van der Waals surface area contributed by atoms with Crippen LogP contribution in [0.1, 0.15) is 18.5 Å². The van der Waals surface area contributed by atoms with Gasteiger partial charge in [-0.3, -0.25) is 9.69 Å². The minimum Gasteiger partial charge on any atom is -0.353 e. The lowest BCUT2D eigenvalue weighted by atomic mass is 10.3. The number of hydrogen-bond acceptors (Lipinski definition) is 5. The third-order valence-corrected chi connectivity index (χ3v) is 4.30. The molecule has 21 heavy (non-hydrogen) atoms. The van der Waals surface area contributed by atoms with Crippen molar-refractivity contribution in [2.45, 2.75) is 19.8 Å². The summed E-state index contributed by atoms with van der Waals surface area (Å²) in [5, 5.41) is 0. The molecule has 2 fully saturated rings. The minimum absolute atomic E-state index is 0.274. The molecule has 6 heteroatoms. The van der Waals surface area contributed by atoms with E-state index in [9.17, 15) is 4.79 Å². The zero-order chi connectivity index (χ0) is 14.7. The second kappa shape index (κ2) is 6.39. The van der Waals surface area contributed by atoms with Crippen LogP contribution < -0.4 is 4.90 Å². The molecule has 0 atom stereocenters. The van der Waals surface area contributed by atoms with Gasteiger partial charge in [0.25, 0.3) is 0 Å². The quantitative estimate of drug-likeness (QED) is 0.812. The Balaban J connectivity index is 1.51. The Morgan fingerprint density at radius 2 is 1.81 bits per heavy atom. The molecule has 1 aromatic heterocycles. The number of anilines is 1. The fraction of sp³-hybridized carbons (Fsp3) is 0.667.